The van der Waals surface area contributed by atoms with E-state index in [1.165, 1.54) is 51.1 Å². The summed E-state index contributed by atoms with van der Waals surface area (Å²) < 4.78 is 31.6. The molecule has 1 aromatic heterocycles. The first-order valence-electron chi connectivity index (χ1n) is 14.8. The van der Waals surface area contributed by atoms with E-state index in [2.05, 4.69) is 32.7 Å². The maximum absolute atomic E-state index is 12.2. The molecule has 1 heterocycles. The number of ether oxygens (including phenoxy) is 1. The van der Waals surface area contributed by atoms with Crippen LogP contribution in [0.2, 0.25) is 0 Å². The van der Waals surface area contributed by atoms with Gasteiger partial charge in [0.15, 0.2) is 0 Å². The molecule has 4 aliphatic rings. The quantitative estimate of drug-likeness (QED) is 0.405. The van der Waals surface area contributed by atoms with E-state index in [0.717, 1.165) is 54.3 Å². The monoisotopic (exact) mass is 566 g/mol. The van der Waals surface area contributed by atoms with Crippen LogP contribution in [0.15, 0.2) is 15.9 Å². The highest BCUT2D eigenvalue weighted by molar-refractivity contribution is 7.92. The van der Waals surface area contributed by atoms with Gasteiger partial charge in [0.25, 0.3) is 10.0 Å². The van der Waals surface area contributed by atoms with Gasteiger partial charge in [-0.05, 0) is 110 Å². The molecule has 1 unspecified atom stereocenters. The van der Waals surface area contributed by atoms with Crippen molar-refractivity contribution >= 4 is 27.5 Å². The third-order valence-corrected chi connectivity index (χ3v) is 14.3. The van der Waals surface area contributed by atoms with Gasteiger partial charge in [0.2, 0.25) is 4.34 Å². The van der Waals surface area contributed by atoms with E-state index >= 15 is 0 Å². The SMILES string of the molecule is CC[C@H]1C[C@@H]2[C@H](CC[C@]3(C)C([C@H](C)CCOC(=O)NS(=O)(=O)c4nccs4)CC[C@@H]23)[C@@]2(C)CC[C@@H](O)C[C@@H]12. The van der Waals surface area contributed by atoms with Crippen LogP contribution in [0.4, 0.5) is 4.79 Å². The first-order valence-corrected chi connectivity index (χ1v) is 17.1. The number of amides is 1. The average Bonchev–Trinajstić information content (AvgIpc) is 3.52. The zero-order chi connectivity index (χ0) is 27.3. The summed E-state index contributed by atoms with van der Waals surface area (Å²) in [6.45, 7) is 9.96. The number of sulfonamides is 1. The summed E-state index contributed by atoms with van der Waals surface area (Å²) in [7, 11) is -3.97. The van der Waals surface area contributed by atoms with Gasteiger partial charge in [-0.3, -0.25) is 0 Å². The van der Waals surface area contributed by atoms with Gasteiger partial charge in [0.1, 0.15) is 0 Å². The molecule has 4 aliphatic carbocycles. The molecule has 9 heteroatoms. The minimum atomic E-state index is -3.97. The Morgan fingerprint density at radius 3 is 2.61 bits per heavy atom. The average molecular weight is 567 g/mol. The molecule has 0 spiro atoms. The van der Waals surface area contributed by atoms with Gasteiger partial charge >= 0.3 is 6.09 Å². The maximum Gasteiger partial charge on any atom is 0.421 e. The molecule has 0 aromatic carbocycles. The molecule has 4 saturated carbocycles. The predicted molar refractivity (Wildman–Crippen MR) is 148 cm³/mol. The Labute approximate surface area is 232 Å². The van der Waals surface area contributed by atoms with Gasteiger partial charge in [-0.25, -0.2) is 14.5 Å². The molecule has 7 nitrogen and oxygen atoms in total. The van der Waals surface area contributed by atoms with Crippen molar-refractivity contribution in [3.63, 3.8) is 0 Å². The van der Waals surface area contributed by atoms with E-state index in [4.69, 9.17) is 4.74 Å². The molecule has 4 fully saturated rings. The summed E-state index contributed by atoms with van der Waals surface area (Å²) >= 11 is 0.962. The van der Waals surface area contributed by atoms with Crippen LogP contribution in [-0.2, 0) is 14.8 Å². The lowest BCUT2D eigenvalue weighted by atomic mass is 9.42. The van der Waals surface area contributed by atoms with Gasteiger partial charge in [-0.1, -0.05) is 34.1 Å². The smallest absolute Gasteiger partial charge is 0.421 e. The zero-order valence-corrected chi connectivity index (χ0v) is 25.0. The lowest BCUT2D eigenvalue weighted by molar-refractivity contribution is -0.152. The third kappa shape index (κ3) is 4.93. The third-order valence-electron chi connectivity index (χ3n) is 11.8. The molecule has 5 rings (SSSR count). The number of hydrogen-bond donors (Lipinski definition) is 2. The minimum absolute atomic E-state index is 0.110. The number of aliphatic hydroxyl groups excluding tert-OH is 1. The number of aromatic nitrogens is 1. The topological polar surface area (TPSA) is 106 Å². The molecule has 0 bridgehead atoms. The lowest BCUT2D eigenvalue weighted by Crippen LogP contribution is -2.56. The Morgan fingerprint density at radius 1 is 1.16 bits per heavy atom. The Kier molecular flexibility index (Phi) is 7.95. The molecule has 214 valence electrons. The van der Waals surface area contributed by atoms with E-state index in [1.54, 1.807) is 5.38 Å². The molecule has 1 aromatic rings. The fourth-order valence-electron chi connectivity index (χ4n) is 9.97. The van der Waals surface area contributed by atoms with Crippen LogP contribution < -0.4 is 4.72 Å². The van der Waals surface area contributed by atoms with Crippen LogP contribution in [0, 0.1) is 52.3 Å². The fourth-order valence-corrected chi connectivity index (χ4v) is 11.7. The number of rotatable bonds is 7. The van der Waals surface area contributed by atoms with Crippen LogP contribution in [0.1, 0.15) is 91.9 Å². The molecular weight excluding hydrogens is 520 g/mol. The fraction of sp³-hybridized carbons (Fsp3) is 0.862. The standard InChI is InChI=1S/C29H46N2O5S2/c1-5-19-16-21-23-7-6-22(18(2)10-14-36-26(33)31-38(34,35)27-30-13-15-37-27)28(23,3)12-9-24(21)29(4)11-8-20(32)17-25(19)29/h13,15,18-25,32H,5-12,14,16-17H2,1-4H3,(H,31,33)/t18-,19+,20-,21+,22?,23+,24+,25+,28-,29-/m1/s1. The summed E-state index contributed by atoms with van der Waals surface area (Å²) in [6, 6.07) is 0. The Hall–Kier alpha value is -1.19. The largest absolute Gasteiger partial charge is 0.449 e. The Balaban J connectivity index is 1.20. The van der Waals surface area contributed by atoms with E-state index in [9.17, 15) is 18.3 Å². The molecular formula is C29H46N2O5S2. The number of carbonyl (C=O) groups is 1. The number of nitrogens with zero attached hydrogens (tertiary/aromatic N) is 1. The lowest BCUT2D eigenvalue weighted by Gasteiger charge is -2.63. The van der Waals surface area contributed by atoms with E-state index in [-0.39, 0.29) is 17.1 Å². The van der Waals surface area contributed by atoms with E-state index < -0.39 is 16.1 Å². The summed E-state index contributed by atoms with van der Waals surface area (Å²) in [6.07, 6.45) is 11.9. The molecule has 0 radical (unpaired) electrons. The van der Waals surface area contributed by atoms with Gasteiger partial charge in [-0.2, -0.15) is 8.42 Å². The van der Waals surface area contributed by atoms with Gasteiger partial charge in [0, 0.05) is 11.6 Å². The molecule has 2 N–H and O–H groups in total. The molecule has 0 saturated heterocycles. The number of carbonyl (C=O) groups excluding carboxylic acids is 1. The van der Waals surface area contributed by atoms with Crippen LogP contribution >= 0.6 is 11.3 Å². The number of aliphatic hydroxyl groups is 1. The number of nitrogens with one attached hydrogen (secondary N) is 1. The second kappa shape index (κ2) is 10.7. The minimum Gasteiger partial charge on any atom is -0.449 e. The van der Waals surface area contributed by atoms with Gasteiger partial charge in [0.05, 0.1) is 12.7 Å². The number of thiazole rings is 1. The van der Waals surface area contributed by atoms with Gasteiger partial charge in [-0.15, -0.1) is 11.3 Å². The highest BCUT2D eigenvalue weighted by Gasteiger charge is 2.62. The van der Waals surface area contributed by atoms with E-state index in [0.29, 0.717) is 28.6 Å². The van der Waals surface area contributed by atoms with Crippen LogP contribution in [0.25, 0.3) is 0 Å². The van der Waals surface area contributed by atoms with Crippen molar-refractivity contribution in [3.8, 4) is 0 Å². The molecule has 1 amide bonds. The summed E-state index contributed by atoms with van der Waals surface area (Å²) in [5, 5.41) is 12.0. The first kappa shape index (κ1) is 28.3. The van der Waals surface area contributed by atoms with Crippen LogP contribution in [0.5, 0.6) is 0 Å². The molecule has 10 atom stereocenters. The van der Waals surface area contributed by atoms with Crippen molar-refractivity contribution in [1.29, 1.82) is 0 Å². The van der Waals surface area contributed by atoms with Crippen molar-refractivity contribution < 1.29 is 23.1 Å². The van der Waals surface area contributed by atoms with Crippen LogP contribution in [-0.4, -0.2) is 37.3 Å². The Morgan fingerprint density at radius 2 is 1.89 bits per heavy atom. The molecule has 0 aliphatic heterocycles. The first-order chi connectivity index (χ1) is 18.0. The van der Waals surface area contributed by atoms with Crippen molar-refractivity contribution in [2.24, 2.45) is 52.3 Å². The van der Waals surface area contributed by atoms with Crippen LogP contribution in [0.3, 0.4) is 0 Å². The summed E-state index contributed by atoms with van der Waals surface area (Å²) in [5.74, 6) is 4.71. The van der Waals surface area contributed by atoms with Gasteiger partial charge < -0.3 is 9.84 Å². The number of fused-ring (bicyclic) bond motifs is 5. The second-order valence-corrected chi connectivity index (χ2v) is 16.1. The second-order valence-electron chi connectivity index (χ2n) is 13.4. The molecule has 38 heavy (non-hydrogen) atoms. The van der Waals surface area contributed by atoms with Crippen molar-refractivity contribution in [2.45, 2.75) is 102 Å². The van der Waals surface area contributed by atoms with Crippen molar-refractivity contribution in [2.75, 3.05) is 6.61 Å². The Bertz CT molecular complexity index is 1090. The van der Waals surface area contributed by atoms with Crippen molar-refractivity contribution in [3.05, 3.63) is 11.6 Å². The summed E-state index contributed by atoms with van der Waals surface area (Å²) in [4.78, 5) is 15.9. The predicted octanol–water partition coefficient (Wildman–Crippen LogP) is 6.24. The normalized spacial score (nSPS) is 41.4. The highest BCUT2D eigenvalue weighted by Crippen LogP contribution is 2.69. The number of hydrogen-bond acceptors (Lipinski definition) is 7. The zero-order valence-electron chi connectivity index (χ0n) is 23.4. The highest BCUT2D eigenvalue weighted by atomic mass is 32.2. The van der Waals surface area contributed by atoms with E-state index in [1.807, 2.05) is 4.72 Å². The van der Waals surface area contributed by atoms with Crippen molar-refractivity contribution in [1.82, 2.24) is 9.71 Å². The maximum atomic E-state index is 12.2. The summed E-state index contributed by atoms with van der Waals surface area (Å²) in [5.41, 5.74) is 0.681.